The number of nitrogens with one attached hydrogen (secondary N) is 2. The van der Waals surface area contributed by atoms with Crippen LogP contribution in [0.3, 0.4) is 0 Å². The lowest BCUT2D eigenvalue weighted by Gasteiger charge is -2.15. The van der Waals surface area contributed by atoms with Gasteiger partial charge in [-0.3, -0.25) is 4.79 Å². The summed E-state index contributed by atoms with van der Waals surface area (Å²) in [7, 11) is 0. The highest BCUT2D eigenvalue weighted by Crippen LogP contribution is 2.45. The number of amides is 1. The Balaban J connectivity index is 1.89. The molecule has 3 rings (SSSR count). The van der Waals surface area contributed by atoms with Gasteiger partial charge in [0.1, 0.15) is 0 Å². The number of aromatic amines is 1. The summed E-state index contributed by atoms with van der Waals surface area (Å²) in [5, 5.41) is 3.36. The molecule has 24 heavy (non-hydrogen) atoms. The summed E-state index contributed by atoms with van der Waals surface area (Å²) in [5.74, 6) is -0.229. The highest BCUT2D eigenvalue weighted by molar-refractivity contribution is 5.85. The maximum absolute atomic E-state index is 13.3. The van der Waals surface area contributed by atoms with Gasteiger partial charge in [-0.15, -0.1) is 0 Å². The first kappa shape index (κ1) is 16.9. The van der Waals surface area contributed by atoms with Gasteiger partial charge in [0.25, 0.3) is 0 Å². The van der Waals surface area contributed by atoms with Crippen molar-refractivity contribution in [1.82, 2.24) is 10.3 Å². The Morgan fingerprint density at radius 2 is 1.96 bits per heavy atom. The molecule has 1 amide bonds. The van der Waals surface area contributed by atoms with Crippen LogP contribution in [0.4, 0.5) is 13.2 Å². The van der Waals surface area contributed by atoms with Gasteiger partial charge in [0.2, 0.25) is 5.91 Å². The molecule has 3 nitrogen and oxygen atoms in total. The number of carbonyl (C=O) groups excluding carboxylic acids is 1. The fraction of sp³-hybridized carbons (Fsp3) is 0.500. The molecular formula is C18H21F3N2O. The lowest BCUT2D eigenvalue weighted by Crippen LogP contribution is -2.29. The maximum atomic E-state index is 13.3. The minimum atomic E-state index is -4.37. The Morgan fingerprint density at radius 3 is 2.50 bits per heavy atom. The SMILES string of the molecule is CC(C)c1cc2[nH]c(CNC(=O)C3(C)CC3)cc2cc1C(F)(F)F. The molecule has 1 heterocycles. The summed E-state index contributed by atoms with van der Waals surface area (Å²) in [6.07, 6.45) is -2.60. The number of alkyl halides is 3. The molecule has 1 aliphatic rings. The minimum Gasteiger partial charge on any atom is -0.357 e. The zero-order chi connectivity index (χ0) is 17.7. The molecule has 6 heteroatoms. The fourth-order valence-corrected chi connectivity index (χ4v) is 2.88. The van der Waals surface area contributed by atoms with Gasteiger partial charge < -0.3 is 10.3 Å². The third-order valence-corrected chi connectivity index (χ3v) is 4.76. The highest BCUT2D eigenvalue weighted by Gasteiger charge is 2.44. The van der Waals surface area contributed by atoms with E-state index in [9.17, 15) is 18.0 Å². The molecule has 1 aliphatic carbocycles. The largest absolute Gasteiger partial charge is 0.416 e. The molecule has 0 radical (unpaired) electrons. The van der Waals surface area contributed by atoms with Crippen LogP contribution in [-0.4, -0.2) is 10.9 Å². The van der Waals surface area contributed by atoms with Crippen LogP contribution in [-0.2, 0) is 17.5 Å². The number of halogens is 3. The van der Waals surface area contributed by atoms with E-state index >= 15 is 0 Å². The summed E-state index contributed by atoms with van der Waals surface area (Å²) in [4.78, 5) is 15.1. The first-order valence-corrected chi connectivity index (χ1v) is 8.11. The topological polar surface area (TPSA) is 44.9 Å². The van der Waals surface area contributed by atoms with Crippen LogP contribution < -0.4 is 5.32 Å². The van der Waals surface area contributed by atoms with Gasteiger partial charge in [0.15, 0.2) is 0 Å². The van der Waals surface area contributed by atoms with Crippen molar-refractivity contribution in [3.63, 3.8) is 0 Å². The fourth-order valence-electron chi connectivity index (χ4n) is 2.88. The maximum Gasteiger partial charge on any atom is 0.416 e. The van der Waals surface area contributed by atoms with Crippen molar-refractivity contribution in [2.75, 3.05) is 0 Å². The Bertz CT molecular complexity index is 785. The Labute approximate surface area is 138 Å². The van der Waals surface area contributed by atoms with Gasteiger partial charge in [-0.1, -0.05) is 20.8 Å². The van der Waals surface area contributed by atoms with E-state index in [0.29, 0.717) is 23.1 Å². The molecule has 2 aromatic rings. The number of H-pyrrole nitrogens is 1. The number of rotatable bonds is 4. The van der Waals surface area contributed by atoms with Crippen molar-refractivity contribution >= 4 is 16.8 Å². The average molecular weight is 338 g/mol. The van der Waals surface area contributed by atoms with Gasteiger partial charge in [0, 0.05) is 22.0 Å². The van der Waals surface area contributed by atoms with Crippen molar-refractivity contribution in [1.29, 1.82) is 0 Å². The summed E-state index contributed by atoms with van der Waals surface area (Å²) in [5.41, 5.74) is 0.786. The van der Waals surface area contributed by atoms with E-state index in [1.807, 2.05) is 6.92 Å². The molecule has 130 valence electrons. The lowest BCUT2D eigenvalue weighted by molar-refractivity contribution is -0.138. The van der Waals surface area contributed by atoms with Gasteiger partial charge in [-0.2, -0.15) is 13.2 Å². The molecule has 0 unspecified atom stereocenters. The van der Waals surface area contributed by atoms with Crippen LogP contribution in [0.15, 0.2) is 18.2 Å². The third kappa shape index (κ3) is 3.14. The van der Waals surface area contributed by atoms with Crippen LogP contribution in [0, 0.1) is 5.41 Å². The van der Waals surface area contributed by atoms with Gasteiger partial charge in [-0.25, -0.2) is 0 Å². The van der Waals surface area contributed by atoms with Crippen LogP contribution in [0.25, 0.3) is 10.9 Å². The van der Waals surface area contributed by atoms with Gasteiger partial charge in [0.05, 0.1) is 12.1 Å². The monoisotopic (exact) mass is 338 g/mol. The standard InChI is InChI=1S/C18H21F3N2O/c1-10(2)13-8-15-11(7-14(13)18(19,20)21)6-12(23-15)9-22-16(24)17(3)4-5-17/h6-8,10,23H,4-5,9H2,1-3H3,(H,22,24). The minimum absolute atomic E-state index is 0.00000567. The number of fused-ring (bicyclic) bond motifs is 1. The smallest absolute Gasteiger partial charge is 0.357 e. The van der Waals surface area contributed by atoms with Crippen molar-refractivity contribution in [2.45, 2.75) is 52.3 Å². The first-order valence-electron chi connectivity index (χ1n) is 8.11. The summed E-state index contributed by atoms with van der Waals surface area (Å²) in [6, 6.07) is 4.43. The van der Waals surface area contributed by atoms with Crippen molar-refractivity contribution in [3.8, 4) is 0 Å². The number of benzene rings is 1. The van der Waals surface area contributed by atoms with Crippen molar-refractivity contribution in [3.05, 3.63) is 35.0 Å². The molecule has 2 N–H and O–H groups in total. The average Bonchev–Trinajstić information content (AvgIpc) is 3.11. The third-order valence-electron chi connectivity index (χ3n) is 4.76. The second-order valence-corrected chi connectivity index (χ2v) is 7.22. The second kappa shape index (κ2) is 5.53. The Kier molecular flexibility index (Phi) is 3.89. The predicted octanol–water partition coefficient (Wildman–Crippen LogP) is 4.73. The van der Waals surface area contributed by atoms with E-state index in [1.165, 1.54) is 6.07 Å². The first-order chi connectivity index (χ1) is 11.1. The van der Waals surface area contributed by atoms with Gasteiger partial charge >= 0.3 is 6.18 Å². The quantitative estimate of drug-likeness (QED) is 0.832. The Morgan fingerprint density at radius 1 is 1.29 bits per heavy atom. The van der Waals surface area contributed by atoms with Crippen LogP contribution >= 0.6 is 0 Å². The molecule has 1 fully saturated rings. The van der Waals surface area contributed by atoms with Crippen LogP contribution in [0.1, 0.15) is 56.4 Å². The van der Waals surface area contributed by atoms with E-state index in [-0.39, 0.29) is 22.8 Å². The van der Waals surface area contributed by atoms with Crippen LogP contribution in [0.5, 0.6) is 0 Å². The number of hydrogen-bond donors (Lipinski definition) is 2. The summed E-state index contributed by atoms with van der Waals surface area (Å²) >= 11 is 0. The number of carbonyl (C=O) groups is 1. The van der Waals surface area contributed by atoms with Crippen LogP contribution in [0.2, 0.25) is 0 Å². The molecule has 1 aromatic carbocycles. The normalized spacial score (nSPS) is 16.6. The van der Waals surface area contributed by atoms with E-state index in [4.69, 9.17) is 0 Å². The second-order valence-electron chi connectivity index (χ2n) is 7.22. The summed E-state index contributed by atoms with van der Waals surface area (Å²) in [6.45, 7) is 5.70. The predicted molar refractivity (Wildman–Crippen MR) is 86.6 cm³/mol. The Hall–Kier alpha value is -1.98. The molecule has 0 saturated heterocycles. The van der Waals surface area contributed by atoms with Crippen molar-refractivity contribution in [2.24, 2.45) is 5.41 Å². The van der Waals surface area contributed by atoms with Gasteiger partial charge in [-0.05, 0) is 42.5 Å². The lowest BCUT2D eigenvalue weighted by atomic mass is 9.95. The zero-order valence-electron chi connectivity index (χ0n) is 14.0. The molecular weight excluding hydrogens is 317 g/mol. The van der Waals surface area contributed by atoms with E-state index in [2.05, 4.69) is 10.3 Å². The summed E-state index contributed by atoms with van der Waals surface area (Å²) < 4.78 is 39.8. The van der Waals surface area contributed by atoms with Crippen molar-refractivity contribution < 1.29 is 18.0 Å². The zero-order valence-corrected chi connectivity index (χ0v) is 14.0. The molecule has 1 aromatic heterocycles. The molecule has 0 spiro atoms. The molecule has 0 atom stereocenters. The van der Waals surface area contributed by atoms with E-state index in [0.717, 1.165) is 12.8 Å². The number of hydrogen-bond acceptors (Lipinski definition) is 1. The molecule has 0 aliphatic heterocycles. The van der Waals surface area contributed by atoms with E-state index in [1.54, 1.807) is 26.0 Å². The molecule has 1 saturated carbocycles. The highest BCUT2D eigenvalue weighted by atomic mass is 19.4. The van der Waals surface area contributed by atoms with E-state index < -0.39 is 11.7 Å². The molecule has 0 bridgehead atoms. The number of aromatic nitrogens is 1.